The molecule has 0 aromatic rings. The highest BCUT2D eigenvalue weighted by Gasteiger charge is 2.68. The Morgan fingerprint density at radius 3 is 1.81 bits per heavy atom. The summed E-state index contributed by atoms with van der Waals surface area (Å²) in [6, 6.07) is 0. The van der Waals surface area contributed by atoms with E-state index in [9.17, 15) is 36.9 Å². The highest BCUT2D eigenvalue weighted by atomic mass is 35.5. The molecule has 0 aliphatic carbocycles. The van der Waals surface area contributed by atoms with Crippen LogP contribution in [-0.2, 0) is 9.53 Å². The number of alkyl halides is 7. The van der Waals surface area contributed by atoms with E-state index >= 15 is 0 Å². The van der Waals surface area contributed by atoms with Crippen molar-refractivity contribution >= 4 is 29.2 Å². The van der Waals surface area contributed by atoms with Crippen LogP contribution in [0.4, 0.5) is 22.0 Å². The molecule has 0 N–H and O–H groups in total. The quantitative estimate of drug-likeness (QED) is 0.199. The van der Waals surface area contributed by atoms with E-state index in [4.69, 9.17) is 0 Å². The zero-order chi connectivity index (χ0) is 13.4. The first kappa shape index (κ1) is 15.1. The summed E-state index contributed by atoms with van der Waals surface area (Å²) in [4.78, 5) is 17.6. The standard InChI is InChI=1S/C4Cl2F5NO4/c5-3(10,12(14)15)4(6,11)16-1(13)2(7,8)9. The lowest BCUT2D eigenvalue weighted by Crippen LogP contribution is -2.49. The number of nitro groups is 1. The molecule has 94 valence electrons. The minimum Gasteiger partial charge on any atom is -0.398 e. The fourth-order valence-corrected chi connectivity index (χ4v) is 0.520. The van der Waals surface area contributed by atoms with Gasteiger partial charge in [-0.15, -0.1) is 4.39 Å². The van der Waals surface area contributed by atoms with E-state index in [1.54, 1.807) is 0 Å². The second kappa shape index (κ2) is 4.17. The van der Waals surface area contributed by atoms with Crippen LogP contribution in [0.2, 0.25) is 0 Å². The maximum atomic E-state index is 12.8. The van der Waals surface area contributed by atoms with Gasteiger partial charge in [-0.3, -0.25) is 10.1 Å². The summed E-state index contributed by atoms with van der Waals surface area (Å²) in [5, 5.41) is 0.245. The van der Waals surface area contributed by atoms with Crippen molar-refractivity contribution in [2.24, 2.45) is 0 Å². The maximum absolute atomic E-state index is 12.8. The molecule has 16 heavy (non-hydrogen) atoms. The molecule has 5 nitrogen and oxygen atoms in total. The van der Waals surface area contributed by atoms with Crippen LogP contribution in [0.15, 0.2) is 0 Å². The first-order chi connectivity index (χ1) is 6.82. The van der Waals surface area contributed by atoms with Crippen LogP contribution in [0, 0.1) is 10.1 Å². The molecule has 0 rings (SSSR count). The Balaban J connectivity index is 4.97. The number of hydrogen-bond donors (Lipinski definition) is 0. The summed E-state index contributed by atoms with van der Waals surface area (Å²) in [7, 11) is 0. The number of hydrogen-bond acceptors (Lipinski definition) is 4. The molecule has 0 aromatic heterocycles. The van der Waals surface area contributed by atoms with Gasteiger partial charge in [0.15, 0.2) is 0 Å². The summed E-state index contributed by atoms with van der Waals surface area (Å²) in [5.41, 5.74) is 0. The SMILES string of the molecule is O=C(OC(F)(Cl)C(F)(Cl)[N+](=O)[O-])C(F)(F)F. The first-order valence-electron chi connectivity index (χ1n) is 3.02. The van der Waals surface area contributed by atoms with E-state index < -0.39 is 27.6 Å². The number of esters is 1. The molecule has 0 aliphatic heterocycles. The van der Waals surface area contributed by atoms with Gasteiger partial charge in [0.05, 0.1) is 4.92 Å². The number of rotatable bonds is 3. The average molecular weight is 292 g/mol. The van der Waals surface area contributed by atoms with Gasteiger partial charge in [-0.05, 0) is 11.6 Å². The molecule has 0 fully saturated rings. The van der Waals surface area contributed by atoms with E-state index in [2.05, 4.69) is 27.9 Å². The molecule has 2 atom stereocenters. The van der Waals surface area contributed by atoms with E-state index in [0.29, 0.717) is 0 Å². The number of nitrogens with zero attached hydrogens (tertiary/aromatic N) is 1. The third kappa shape index (κ3) is 3.04. The van der Waals surface area contributed by atoms with Gasteiger partial charge in [0, 0.05) is 11.6 Å². The Morgan fingerprint density at radius 2 is 1.56 bits per heavy atom. The first-order valence-corrected chi connectivity index (χ1v) is 3.78. The number of carbonyl (C=O) groups excluding carboxylic acids is 1. The Hall–Kier alpha value is -0.900. The summed E-state index contributed by atoms with van der Waals surface area (Å²) < 4.78 is 62.7. The van der Waals surface area contributed by atoms with E-state index in [1.165, 1.54) is 0 Å². The minimum absolute atomic E-state index is 2.20. The smallest absolute Gasteiger partial charge is 0.398 e. The van der Waals surface area contributed by atoms with Crippen LogP contribution >= 0.6 is 23.2 Å². The van der Waals surface area contributed by atoms with Gasteiger partial charge in [-0.2, -0.15) is 17.6 Å². The molecular formula is C4Cl2F5NO4. The molecule has 0 aliphatic rings. The van der Waals surface area contributed by atoms with E-state index in [0.717, 1.165) is 0 Å². The minimum atomic E-state index is -5.71. The van der Waals surface area contributed by atoms with Crippen molar-refractivity contribution in [3.8, 4) is 0 Å². The Morgan fingerprint density at radius 1 is 1.19 bits per heavy atom. The Bertz CT molecular complexity index is 316. The van der Waals surface area contributed by atoms with Gasteiger partial charge in [0.1, 0.15) is 0 Å². The van der Waals surface area contributed by atoms with Crippen molar-refractivity contribution in [2.45, 2.75) is 16.7 Å². The highest BCUT2D eigenvalue weighted by molar-refractivity contribution is 6.32. The van der Waals surface area contributed by atoms with Crippen molar-refractivity contribution in [3.05, 3.63) is 10.1 Å². The van der Waals surface area contributed by atoms with Crippen molar-refractivity contribution < 1.29 is 36.4 Å². The Kier molecular flexibility index (Phi) is 3.93. The van der Waals surface area contributed by atoms with Gasteiger partial charge >= 0.3 is 22.7 Å². The summed E-state index contributed by atoms with van der Waals surface area (Å²) in [6.07, 6.45) is -5.71. The van der Waals surface area contributed by atoms with Crippen LogP contribution < -0.4 is 0 Å². The van der Waals surface area contributed by atoms with Gasteiger partial charge in [0.2, 0.25) is 0 Å². The summed E-state index contributed by atoms with van der Waals surface area (Å²) in [6.45, 7) is 0. The van der Waals surface area contributed by atoms with Crippen molar-refractivity contribution in [2.75, 3.05) is 0 Å². The van der Waals surface area contributed by atoms with Crippen LogP contribution in [0.3, 0.4) is 0 Å². The molecule has 0 amide bonds. The normalized spacial score (nSPS) is 19.4. The second-order valence-corrected chi connectivity index (χ2v) is 3.19. The zero-order valence-electron chi connectivity index (χ0n) is 6.73. The molecule has 0 saturated heterocycles. The number of carbonyl (C=O) groups is 1. The van der Waals surface area contributed by atoms with Crippen molar-refractivity contribution in [3.63, 3.8) is 0 Å². The predicted octanol–water partition coefficient (Wildman–Crippen LogP) is 2.09. The van der Waals surface area contributed by atoms with Crippen molar-refractivity contribution in [1.29, 1.82) is 0 Å². The predicted molar refractivity (Wildman–Crippen MR) is 38.5 cm³/mol. The van der Waals surface area contributed by atoms with Crippen LogP contribution in [0.1, 0.15) is 0 Å². The molecule has 0 saturated carbocycles. The van der Waals surface area contributed by atoms with E-state index in [1.807, 2.05) is 0 Å². The molecule has 0 aromatic carbocycles. The lowest BCUT2D eigenvalue weighted by molar-refractivity contribution is -0.601. The summed E-state index contributed by atoms with van der Waals surface area (Å²) >= 11 is 8.51. The van der Waals surface area contributed by atoms with Crippen LogP contribution in [0.5, 0.6) is 0 Å². The third-order valence-electron chi connectivity index (χ3n) is 1.03. The monoisotopic (exact) mass is 291 g/mol. The van der Waals surface area contributed by atoms with Crippen LogP contribution in [0.25, 0.3) is 0 Å². The molecular weight excluding hydrogens is 292 g/mol. The molecule has 0 spiro atoms. The third-order valence-corrected chi connectivity index (χ3v) is 1.84. The maximum Gasteiger partial charge on any atom is 0.523 e. The topological polar surface area (TPSA) is 69.4 Å². The second-order valence-electron chi connectivity index (χ2n) is 2.20. The lowest BCUT2D eigenvalue weighted by Gasteiger charge is -2.21. The zero-order valence-corrected chi connectivity index (χ0v) is 8.24. The lowest BCUT2D eigenvalue weighted by atomic mass is 10.5. The summed E-state index contributed by atoms with van der Waals surface area (Å²) in [5.74, 6) is -3.27. The molecule has 0 bridgehead atoms. The fourth-order valence-electron chi connectivity index (χ4n) is 0.342. The highest BCUT2D eigenvalue weighted by Crippen LogP contribution is 2.41. The fraction of sp³-hybridized carbons (Fsp3) is 0.750. The van der Waals surface area contributed by atoms with Gasteiger partial charge in [-0.25, -0.2) is 4.79 Å². The number of halogens is 7. The Labute approximate surface area is 93.2 Å². The average Bonchev–Trinajstić information content (AvgIpc) is 2.00. The molecule has 2 unspecified atom stereocenters. The van der Waals surface area contributed by atoms with E-state index in [-0.39, 0.29) is 0 Å². The largest absolute Gasteiger partial charge is 0.523 e. The van der Waals surface area contributed by atoms with Gasteiger partial charge in [-0.1, -0.05) is 0 Å². The molecule has 12 heteroatoms. The van der Waals surface area contributed by atoms with Crippen molar-refractivity contribution in [1.82, 2.24) is 0 Å². The molecule has 0 radical (unpaired) electrons. The molecule has 0 heterocycles. The van der Waals surface area contributed by atoms with Gasteiger partial charge in [0.25, 0.3) is 0 Å². The number of ether oxygens (including phenoxy) is 1. The van der Waals surface area contributed by atoms with Crippen LogP contribution in [-0.4, -0.2) is 27.6 Å². The van der Waals surface area contributed by atoms with Gasteiger partial charge < -0.3 is 4.74 Å².